The third-order valence-corrected chi connectivity index (χ3v) is 3.94. The van der Waals surface area contributed by atoms with Crippen LogP contribution in [0.4, 0.5) is 0 Å². The van der Waals surface area contributed by atoms with Crippen molar-refractivity contribution >= 4 is 21.9 Å². The van der Waals surface area contributed by atoms with E-state index >= 15 is 0 Å². The molecule has 0 aliphatic heterocycles. The smallest absolute Gasteiger partial charge is 0.322 e. The van der Waals surface area contributed by atoms with Crippen molar-refractivity contribution in [3.8, 4) is 0 Å². The molecule has 2 rings (SSSR count). The van der Waals surface area contributed by atoms with E-state index in [-0.39, 0.29) is 12.2 Å². The number of esters is 1. The standard InChI is InChI=1S/C16H16N2O5S/c19-15(23-11-13-7-3-1-4-8-13)12-24(21,22)18-17-16(20)14-9-5-2-6-10-14/h1-10,18H,11-12H2,(H,17,20). The van der Waals surface area contributed by atoms with Gasteiger partial charge in [0.2, 0.25) is 10.0 Å². The van der Waals surface area contributed by atoms with Crippen molar-refractivity contribution in [1.29, 1.82) is 0 Å². The van der Waals surface area contributed by atoms with Crippen molar-refractivity contribution in [3.63, 3.8) is 0 Å². The zero-order chi connectivity index (χ0) is 17.4. The first-order valence-electron chi connectivity index (χ1n) is 7.01. The van der Waals surface area contributed by atoms with Crippen LogP contribution in [0.25, 0.3) is 0 Å². The van der Waals surface area contributed by atoms with Crippen molar-refractivity contribution < 1.29 is 22.7 Å². The number of carbonyl (C=O) groups is 2. The molecule has 8 heteroatoms. The van der Waals surface area contributed by atoms with Gasteiger partial charge in [-0.15, -0.1) is 4.83 Å². The molecule has 0 radical (unpaired) electrons. The zero-order valence-corrected chi connectivity index (χ0v) is 13.5. The molecule has 0 aliphatic rings. The van der Waals surface area contributed by atoms with E-state index in [2.05, 4.69) is 0 Å². The van der Waals surface area contributed by atoms with Gasteiger partial charge in [0.05, 0.1) is 0 Å². The highest BCUT2D eigenvalue weighted by molar-refractivity contribution is 7.90. The molecule has 1 amide bonds. The maximum Gasteiger partial charge on any atom is 0.322 e. The third-order valence-electron chi connectivity index (χ3n) is 2.91. The van der Waals surface area contributed by atoms with Crippen LogP contribution in [0.3, 0.4) is 0 Å². The number of nitrogens with one attached hydrogen (secondary N) is 2. The minimum Gasteiger partial charge on any atom is -0.460 e. The molecule has 126 valence electrons. The van der Waals surface area contributed by atoms with Crippen LogP contribution in [0.1, 0.15) is 15.9 Å². The Morgan fingerprint density at radius 1 is 0.917 bits per heavy atom. The summed E-state index contributed by atoms with van der Waals surface area (Å²) in [5.41, 5.74) is 3.06. The van der Waals surface area contributed by atoms with Gasteiger partial charge < -0.3 is 4.74 Å². The van der Waals surface area contributed by atoms with Crippen molar-refractivity contribution in [2.45, 2.75) is 6.61 Å². The molecule has 0 fully saturated rings. The molecule has 0 bridgehead atoms. The number of hydrazine groups is 1. The number of carbonyl (C=O) groups excluding carboxylic acids is 2. The maximum absolute atomic E-state index is 11.8. The maximum atomic E-state index is 11.8. The van der Waals surface area contributed by atoms with Crippen LogP contribution in [0.5, 0.6) is 0 Å². The molecule has 0 aromatic heterocycles. The first-order valence-corrected chi connectivity index (χ1v) is 8.66. The Balaban J connectivity index is 1.80. The van der Waals surface area contributed by atoms with Gasteiger partial charge in [-0.2, -0.15) is 0 Å². The van der Waals surface area contributed by atoms with Gasteiger partial charge in [0.25, 0.3) is 5.91 Å². The van der Waals surface area contributed by atoms with Gasteiger partial charge in [0.15, 0.2) is 5.75 Å². The highest BCUT2D eigenvalue weighted by atomic mass is 32.2. The zero-order valence-electron chi connectivity index (χ0n) is 12.6. The summed E-state index contributed by atoms with van der Waals surface area (Å²) < 4.78 is 28.4. The average molecular weight is 348 g/mol. The van der Waals surface area contributed by atoms with Gasteiger partial charge in [-0.3, -0.25) is 15.0 Å². The Hall–Kier alpha value is -2.71. The van der Waals surface area contributed by atoms with E-state index in [1.54, 1.807) is 42.5 Å². The second-order valence-electron chi connectivity index (χ2n) is 4.83. The van der Waals surface area contributed by atoms with Gasteiger partial charge >= 0.3 is 5.97 Å². The van der Waals surface area contributed by atoms with Crippen LogP contribution in [0.2, 0.25) is 0 Å². The molecule has 2 aromatic rings. The van der Waals surface area contributed by atoms with Gasteiger partial charge in [0, 0.05) is 5.56 Å². The molecule has 0 saturated heterocycles. The molecular weight excluding hydrogens is 332 g/mol. The predicted octanol–water partition coefficient (Wildman–Crippen LogP) is 0.994. The SMILES string of the molecule is O=C(CS(=O)(=O)NNC(=O)c1ccccc1)OCc1ccccc1. The second-order valence-corrected chi connectivity index (χ2v) is 6.55. The summed E-state index contributed by atoms with van der Waals surface area (Å²) in [5.74, 6) is -2.44. The summed E-state index contributed by atoms with van der Waals surface area (Å²) in [6.07, 6.45) is 0. The van der Waals surface area contributed by atoms with E-state index in [0.29, 0.717) is 0 Å². The van der Waals surface area contributed by atoms with E-state index in [1.807, 2.05) is 16.3 Å². The topological polar surface area (TPSA) is 102 Å². The fourth-order valence-electron chi connectivity index (χ4n) is 1.76. The molecule has 7 nitrogen and oxygen atoms in total. The molecule has 0 atom stereocenters. The van der Waals surface area contributed by atoms with Crippen LogP contribution >= 0.6 is 0 Å². The number of ether oxygens (including phenoxy) is 1. The summed E-state index contributed by atoms with van der Waals surface area (Å²) >= 11 is 0. The Kier molecular flexibility index (Phi) is 6.05. The quantitative estimate of drug-likeness (QED) is 0.574. The number of hydrogen-bond donors (Lipinski definition) is 2. The van der Waals surface area contributed by atoms with Crippen LogP contribution in [-0.2, 0) is 26.2 Å². The highest BCUT2D eigenvalue weighted by Crippen LogP contribution is 2.01. The minimum absolute atomic E-state index is 0.0223. The van der Waals surface area contributed by atoms with Gasteiger partial charge in [0.1, 0.15) is 6.61 Å². The fourth-order valence-corrected chi connectivity index (χ4v) is 2.47. The number of benzene rings is 2. The van der Waals surface area contributed by atoms with E-state index in [1.165, 1.54) is 12.1 Å². The Morgan fingerprint density at radius 2 is 1.50 bits per heavy atom. The van der Waals surface area contributed by atoms with Crippen molar-refractivity contribution in [2.75, 3.05) is 5.75 Å². The molecule has 0 unspecified atom stereocenters. The van der Waals surface area contributed by atoms with E-state index in [4.69, 9.17) is 4.74 Å². The van der Waals surface area contributed by atoms with E-state index in [9.17, 15) is 18.0 Å². The third kappa shape index (κ3) is 5.82. The van der Waals surface area contributed by atoms with Crippen LogP contribution in [0.15, 0.2) is 60.7 Å². The Bertz CT molecular complexity index is 792. The molecule has 0 spiro atoms. The Morgan fingerprint density at radius 3 is 2.12 bits per heavy atom. The summed E-state index contributed by atoms with van der Waals surface area (Å²) in [4.78, 5) is 25.2. The predicted molar refractivity (Wildman–Crippen MR) is 87.1 cm³/mol. The van der Waals surface area contributed by atoms with Crippen molar-refractivity contribution in [3.05, 3.63) is 71.8 Å². The average Bonchev–Trinajstić information content (AvgIpc) is 2.59. The number of rotatable bonds is 7. The molecule has 0 saturated carbocycles. The molecule has 2 aromatic carbocycles. The second kappa shape index (κ2) is 8.23. The lowest BCUT2D eigenvalue weighted by Crippen LogP contribution is -2.44. The van der Waals surface area contributed by atoms with Crippen LogP contribution < -0.4 is 10.3 Å². The van der Waals surface area contributed by atoms with Gasteiger partial charge in [-0.25, -0.2) is 8.42 Å². The molecular formula is C16H16N2O5S. The van der Waals surface area contributed by atoms with Crippen molar-refractivity contribution in [2.24, 2.45) is 0 Å². The first kappa shape index (κ1) is 17.6. The molecule has 2 N–H and O–H groups in total. The lowest BCUT2D eigenvalue weighted by molar-refractivity contribution is -0.141. The number of amides is 1. The lowest BCUT2D eigenvalue weighted by atomic mass is 10.2. The van der Waals surface area contributed by atoms with E-state index < -0.39 is 27.7 Å². The highest BCUT2D eigenvalue weighted by Gasteiger charge is 2.18. The molecule has 0 aliphatic carbocycles. The normalized spacial score (nSPS) is 10.8. The number of hydrogen-bond acceptors (Lipinski definition) is 5. The lowest BCUT2D eigenvalue weighted by Gasteiger charge is -2.08. The molecule has 24 heavy (non-hydrogen) atoms. The van der Waals surface area contributed by atoms with Gasteiger partial charge in [-0.1, -0.05) is 48.5 Å². The first-order chi connectivity index (χ1) is 11.5. The summed E-state index contributed by atoms with van der Waals surface area (Å²) in [5, 5.41) is 0. The Labute approximate surface area is 139 Å². The molecule has 0 heterocycles. The summed E-state index contributed by atoms with van der Waals surface area (Å²) in [7, 11) is -4.04. The number of sulfonamides is 1. The largest absolute Gasteiger partial charge is 0.460 e. The minimum atomic E-state index is -4.04. The van der Waals surface area contributed by atoms with Gasteiger partial charge in [-0.05, 0) is 17.7 Å². The van der Waals surface area contributed by atoms with Crippen molar-refractivity contribution in [1.82, 2.24) is 10.3 Å². The fraction of sp³-hybridized carbons (Fsp3) is 0.125. The monoisotopic (exact) mass is 348 g/mol. The van der Waals surface area contributed by atoms with Crippen LogP contribution in [-0.4, -0.2) is 26.0 Å². The van der Waals surface area contributed by atoms with E-state index in [0.717, 1.165) is 5.56 Å². The summed E-state index contributed by atoms with van der Waals surface area (Å²) in [6.45, 7) is -0.0223. The summed E-state index contributed by atoms with van der Waals surface area (Å²) in [6, 6.07) is 16.9. The van der Waals surface area contributed by atoms with Crippen LogP contribution in [0, 0.1) is 0 Å².